The highest BCUT2D eigenvalue weighted by molar-refractivity contribution is 9.10. The van der Waals surface area contributed by atoms with Crippen LogP contribution in [0.5, 0.6) is 0 Å². The molecular formula is C12H16BrN5S. The Balaban J connectivity index is 1.83. The number of nitrogens with zero attached hydrogens (tertiary/aromatic N) is 3. The van der Waals surface area contributed by atoms with Gasteiger partial charge in [0, 0.05) is 29.6 Å². The van der Waals surface area contributed by atoms with E-state index in [-0.39, 0.29) is 0 Å². The highest BCUT2D eigenvalue weighted by atomic mass is 79.9. The largest absolute Gasteiger partial charge is 0.336 e. The van der Waals surface area contributed by atoms with E-state index in [1.54, 1.807) is 11.3 Å². The maximum absolute atomic E-state index is 4.62. The van der Waals surface area contributed by atoms with E-state index in [2.05, 4.69) is 55.2 Å². The number of piperazine rings is 1. The minimum atomic E-state index is 0.458. The molecule has 2 atom stereocenters. The summed E-state index contributed by atoms with van der Waals surface area (Å²) in [5, 5.41) is 12.9. The lowest BCUT2D eigenvalue weighted by Crippen LogP contribution is -2.54. The molecule has 0 aliphatic carbocycles. The number of anilines is 1. The molecule has 0 amide bonds. The van der Waals surface area contributed by atoms with Gasteiger partial charge in [-0.15, -0.1) is 16.4 Å². The molecule has 0 aromatic carbocycles. The monoisotopic (exact) mass is 341 g/mol. The quantitative estimate of drug-likeness (QED) is 0.880. The van der Waals surface area contributed by atoms with Crippen molar-refractivity contribution < 1.29 is 0 Å². The summed E-state index contributed by atoms with van der Waals surface area (Å²) in [5.74, 6) is 1.62. The number of H-pyrrole nitrogens is 1. The van der Waals surface area contributed by atoms with Gasteiger partial charge in [0.15, 0.2) is 5.82 Å². The second kappa shape index (κ2) is 5.22. The van der Waals surface area contributed by atoms with Crippen LogP contribution in [0, 0.1) is 0 Å². The third-order valence-electron chi connectivity index (χ3n) is 3.15. The van der Waals surface area contributed by atoms with Crippen molar-refractivity contribution in [3.05, 3.63) is 15.9 Å². The van der Waals surface area contributed by atoms with Gasteiger partial charge in [0.2, 0.25) is 5.95 Å². The van der Waals surface area contributed by atoms with E-state index in [1.165, 1.54) is 0 Å². The molecule has 1 fully saturated rings. The van der Waals surface area contributed by atoms with Crippen molar-refractivity contribution in [1.82, 2.24) is 20.5 Å². The van der Waals surface area contributed by atoms with E-state index in [0.29, 0.717) is 12.1 Å². The lowest BCUT2D eigenvalue weighted by Gasteiger charge is -2.35. The highest BCUT2D eigenvalue weighted by Gasteiger charge is 2.24. The molecule has 5 nitrogen and oxygen atoms in total. The Kier molecular flexibility index (Phi) is 3.60. The van der Waals surface area contributed by atoms with Gasteiger partial charge >= 0.3 is 0 Å². The third kappa shape index (κ3) is 2.68. The molecule has 1 aliphatic rings. The van der Waals surface area contributed by atoms with Gasteiger partial charge in [0.05, 0.1) is 4.88 Å². The highest BCUT2D eigenvalue weighted by Crippen LogP contribution is 2.31. The number of hydrogen-bond acceptors (Lipinski definition) is 5. The topological polar surface area (TPSA) is 56.8 Å². The van der Waals surface area contributed by atoms with Gasteiger partial charge in [-0.25, -0.2) is 0 Å². The fraction of sp³-hybridized carbons (Fsp3) is 0.500. The van der Waals surface area contributed by atoms with E-state index < -0.39 is 0 Å². The molecule has 2 aromatic heterocycles. The molecule has 19 heavy (non-hydrogen) atoms. The summed E-state index contributed by atoms with van der Waals surface area (Å²) in [6.07, 6.45) is 0. The molecule has 0 saturated carbocycles. The van der Waals surface area contributed by atoms with Gasteiger partial charge in [-0.05, 0) is 41.2 Å². The van der Waals surface area contributed by atoms with Crippen LogP contribution in [-0.2, 0) is 0 Å². The minimum absolute atomic E-state index is 0.458. The molecule has 1 aliphatic heterocycles. The summed E-state index contributed by atoms with van der Waals surface area (Å²) in [4.78, 5) is 7.94. The Hall–Kier alpha value is -0.920. The predicted molar refractivity (Wildman–Crippen MR) is 81.7 cm³/mol. The van der Waals surface area contributed by atoms with E-state index in [4.69, 9.17) is 0 Å². The van der Waals surface area contributed by atoms with Gasteiger partial charge in [-0.3, -0.25) is 5.10 Å². The molecule has 0 spiro atoms. The van der Waals surface area contributed by atoms with Gasteiger partial charge in [0.1, 0.15) is 0 Å². The maximum Gasteiger partial charge on any atom is 0.245 e. The normalized spacial score (nSPS) is 23.8. The smallest absolute Gasteiger partial charge is 0.245 e. The number of halogens is 1. The van der Waals surface area contributed by atoms with Crippen molar-refractivity contribution in [2.45, 2.75) is 25.9 Å². The summed E-state index contributed by atoms with van der Waals surface area (Å²) in [7, 11) is 0. The second-order valence-corrected chi connectivity index (χ2v) is 6.73. The molecule has 102 valence electrons. The standard InChI is InChI=1S/C12H16BrN5S/c1-7-5-18(6-8(2)14-7)12-15-11(16-17-12)10-9(13)3-4-19-10/h3-4,7-8,14H,5-6H2,1-2H3,(H,15,16,17). The van der Waals surface area contributed by atoms with E-state index in [1.807, 2.05) is 11.4 Å². The molecule has 2 aromatic rings. The fourth-order valence-electron chi connectivity index (χ4n) is 2.45. The van der Waals surface area contributed by atoms with Crippen LogP contribution < -0.4 is 10.2 Å². The van der Waals surface area contributed by atoms with Gasteiger partial charge < -0.3 is 10.2 Å². The molecule has 2 N–H and O–H groups in total. The molecule has 0 radical (unpaired) electrons. The Morgan fingerprint density at radius 3 is 2.74 bits per heavy atom. The zero-order chi connectivity index (χ0) is 13.4. The average molecular weight is 342 g/mol. The first-order chi connectivity index (χ1) is 9.13. The van der Waals surface area contributed by atoms with Crippen LogP contribution in [0.15, 0.2) is 15.9 Å². The number of hydrogen-bond donors (Lipinski definition) is 2. The van der Waals surface area contributed by atoms with Crippen molar-refractivity contribution in [3.8, 4) is 10.7 Å². The first-order valence-corrected chi connectivity index (χ1v) is 7.97. The maximum atomic E-state index is 4.62. The zero-order valence-electron chi connectivity index (χ0n) is 10.9. The molecule has 0 bridgehead atoms. The summed E-state index contributed by atoms with van der Waals surface area (Å²) in [6.45, 7) is 6.25. The van der Waals surface area contributed by atoms with Crippen LogP contribution >= 0.6 is 27.3 Å². The summed E-state index contributed by atoms with van der Waals surface area (Å²) < 4.78 is 1.06. The van der Waals surface area contributed by atoms with E-state index in [0.717, 1.165) is 34.2 Å². The van der Waals surface area contributed by atoms with Crippen molar-refractivity contribution in [3.63, 3.8) is 0 Å². The number of nitrogens with one attached hydrogen (secondary N) is 2. The number of thiophene rings is 1. The van der Waals surface area contributed by atoms with E-state index >= 15 is 0 Å². The Bertz CT molecular complexity index is 556. The predicted octanol–water partition coefficient (Wildman–Crippen LogP) is 2.48. The van der Waals surface area contributed by atoms with Gasteiger partial charge in [0.25, 0.3) is 0 Å². The SMILES string of the molecule is CC1CN(c2n[nH]c(-c3sccc3Br)n2)CC(C)N1. The molecule has 1 saturated heterocycles. The lowest BCUT2D eigenvalue weighted by atomic mass is 10.1. The second-order valence-electron chi connectivity index (χ2n) is 4.96. The van der Waals surface area contributed by atoms with Crippen molar-refractivity contribution in [2.24, 2.45) is 0 Å². The first-order valence-electron chi connectivity index (χ1n) is 6.30. The molecular weight excluding hydrogens is 326 g/mol. The van der Waals surface area contributed by atoms with Gasteiger partial charge in [-0.1, -0.05) is 0 Å². The number of rotatable bonds is 2. The Morgan fingerprint density at radius 2 is 2.11 bits per heavy atom. The van der Waals surface area contributed by atoms with Crippen LogP contribution in [-0.4, -0.2) is 40.4 Å². The van der Waals surface area contributed by atoms with Crippen LogP contribution in [0.25, 0.3) is 10.7 Å². The summed E-state index contributed by atoms with van der Waals surface area (Å²) >= 11 is 5.18. The molecule has 3 heterocycles. The number of aromatic amines is 1. The lowest BCUT2D eigenvalue weighted by molar-refractivity contribution is 0.403. The first kappa shape index (κ1) is 13.1. The van der Waals surface area contributed by atoms with Crippen molar-refractivity contribution in [2.75, 3.05) is 18.0 Å². The van der Waals surface area contributed by atoms with Crippen LogP contribution in [0.2, 0.25) is 0 Å². The minimum Gasteiger partial charge on any atom is -0.336 e. The third-order valence-corrected chi connectivity index (χ3v) is 4.99. The van der Waals surface area contributed by atoms with Crippen LogP contribution in [0.3, 0.4) is 0 Å². The van der Waals surface area contributed by atoms with Crippen LogP contribution in [0.4, 0.5) is 5.95 Å². The fourth-order valence-corrected chi connectivity index (χ4v) is 3.95. The van der Waals surface area contributed by atoms with Crippen molar-refractivity contribution in [1.29, 1.82) is 0 Å². The van der Waals surface area contributed by atoms with Crippen LogP contribution in [0.1, 0.15) is 13.8 Å². The average Bonchev–Trinajstić information content (AvgIpc) is 2.95. The zero-order valence-corrected chi connectivity index (χ0v) is 13.3. The molecule has 7 heteroatoms. The molecule has 3 rings (SSSR count). The van der Waals surface area contributed by atoms with Crippen molar-refractivity contribution >= 4 is 33.2 Å². The number of aromatic nitrogens is 3. The Morgan fingerprint density at radius 1 is 1.37 bits per heavy atom. The molecule has 2 unspecified atom stereocenters. The Labute approximate surface area is 124 Å². The van der Waals surface area contributed by atoms with Gasteiger partial charge in [-0.2, -0.15) is 4.98 Å². The summed E-state index contributed by atoms with van der Waals surface area (Å²) in [6, 6.07) is 2.94. The summed E-state index contributed by atoms with van der Waals surface area (Å²) in [5.41, 5.74) is 0. The van der Waals surface area contributed by atoms with E-state index in [9.17, 15) is 0 Å².